The number of hydrogen-bond acceptors (Lipinski definition) is 6. The van der Waals surface area contributed by atoms with Gasteiger partial charge in [-0.25, -0.2) is 4.68 Å². The van der Waals surface area contributed by atoms with Crippen LogP contribution >= 0.6 is 0 Å². The van der Waals surface area contributed by atoms with Gasteiger partial charge in [-0.1, -0.05) is 66.7 Å². The number of benzene rings is 3. The molecule has 0 radical (unpaired) electrons. The molecule has 5 aromatic rings. The number of tetrazole rings is 1. The first-order valence-corrected chi connectivity index (χ1v) is 13.5. The maximum Gasteiger partial charge on any atom is 0.253 e. The standard InChI is InChI=1S/C31H33N7O/c1-22-17-23(2)26-19-27(31(39)32-28(26)18-22)29(30-33-34-35-38(30)21-25-11-7-4-8-12-25)37-15-13-36(14-16-37)20-24-9-5-3-6-10-24/h3-12,17-19,29H,13-16,20-21H2,1-2H3,(H,32,39)/t29-/m1/s1. The molecule has 1 aliphatic rings. The number of rotatable bonds is 7. The Labute approximate surface area is 227 Å². The van der Waals surface area contributed by atoms with E-state index < -0.39 is 0 Å². The van der Waals surface area contributed by atoms with Crippen molar-refractivity contribution in [2.75, 3.05) is 26.2 Å². The molecule has 3 heterocycles. The van der Waals surface area contributed by atoms with Crippen molar-refractivity contribution >= 4 is 10.9 Å². The van der Waals surface area contributed by atoms with Crippen LogP contribution in [0.25, 0.3) is 10.9 Å². The minimum atomic E-state index is -0.364. The van der Waals surface area contributed by atoms with Gasteiger partial charge in [0.15, 0.2) is 5.82 Å². The zero-order valence-electron chi connectivity index (χ0n) is 22.4. The van der Waals surface area contributed by atoms with E-state index in [2.05, 4.69) is 85.8 Å². The minimum Gasteiger partial charge on any atom is -0.322 e. The topological polar surface area (TPSA) is 82.9 Å². The van der Waals surface area contributed by atoms with E-state index in [4.69, 9.17) is 0 Å². The number of nitrogens with one attached hydrogen (secondary N) is 1. The van der Waals surface area contributed by atoms with Crippen molar-refractivity contribution in [3.8, 4) is 0 Å². The largest absolute Gasteiger partial charge is 0.322 e. The molecule has 0 bridgehead atoms. The van der Waals surface area contributed by atoms with Crippen molar-refractivity contribution in [3.63, 3.8) is 0 Å². The van der Waals surface area contributed by atoms with Crippen LogP contribution < -0.4 is 5.56 Å². The van der Waals surface area contributed by atoms with E-state index in [1.165, 1.54) is 5.56 Å². The molecule has 6 rings (SSSR count). The van der Waals surface area contributed by atoms with Gasteiger partial charge in [0.05, 0.1) is 6.54 Å². The highest BCUT2D eigenvalue weighted by atomic mass is 16.1. The molecule has 0 spiro atoms. The molecule has 1 aliphatic heterocycles. The summed E-state index contributed by atoms with van der Waals surface area (Å²) in [6.07, 6.45) is 0. The van der Waals surface area contributed by atoms with Crippen LogP contribution in [0.3, 0.4) is 0 Å². The number of aromatic nitrogens is 5. The molecular formula is C31H33N7O. The van der Waals surface area contributed by atoms with Crippen LogP contribution in [0.2, 0.25) is 0 Å². The van der Waals surface area contributed by atoms with E-state index in [0.29, 0.717) is 17.9 Å². The lowest BCUT2D eigenvalue weighted by atomic mass is 9.99. The molecule has 1 fully saturated rings. The average molecular weight is 520 g/mol. The van der Waals surface area contributed by atoms with Gasteiger partial charge in [-0.05, 0) is 58.7 Å². The Bertz CT molecular complexity index is 1620. The number of pyridine rings is 1. The van der Waals surface area contributed by atoms with Crippen LogP contribution in [-0.4, -0.2) is 61.2 Å². The van der Waals surface area contributed by atoms with Crippen molar-refractivity contribution in [2.45, 2.75) is 33.0 Å². The highest BCUT2D eigenvalue weighted by Crippen LogP contribution is 2.29. The second-order valence-corrected chi connectivity index (χ2v) is 10.5. The van der Waals surface area contributed by atoms with Gasteiger partial charge in [-0.15, -0.1) is 5.10 Å². The molecule has 3 aromatic carbocycles. The normalized spacial score (nSPS) is 15.5. The van der Waals surface area contributed by atoms with E-state index in [0.717, 1.165) is 60.3 Å². The summed E-state index contributed by atoms with van der Waals surface area (Å²) in [6, 6.07) is 26.6. The van der Waals surface area contributed by atoms with Gasteiger partial charge >= 0.3 is 0 Å². The zero-order chi connectivity index (χ0) is 26.8. The summed E-state index contributed by atoms with van der Waals surface area (Å²) in [4.78, 5) is 21.6. The SMILES string of the molecule is Cc1cc(C)c2cc([C@H](c3nnnn3Cc3ccccc3)N3CCN(Cc4ccccc4)CC3)c(=O)[nH]c2c1. The first-order valence-electron chi connectivity index (χ1n) is 13.5. The van der Waals surface area contributed by atoms with Crippen LogP contribution in [0.15, 0.2) is 83.7 Å². The van der Waals surface area contributed by atoms with E-state index in [-0.39, 0.29) is 11.6 Å². The molecule has 8 nitrogen and oxygen atoms in total. The van der Waals surface area contributed by atoms with Crippen LogP contribution in [0.1, 0.15) is 39.7 Å². The Balaban J connectivity index is 1.37. The molecule has 0 amide bonds. The van der Waals surface area contributed by atoms with Crippen molar-refractivity contribution in [1.82, 2.24) is 35.0 Å². The Morgan fingerprint density at radius 1 is 0.846 bits per heavy atom. The summed E-state index contributed by atoms with van der Waals surface area (Å²) in [5, 5.41) is 14.0. The van der Waals surface area contributed by atoms with Gasteiger partial charge in [0.2, 0.25) is 0 Å². The maximum absolute atomic E-state index is 13.6. The molecule has 0 aliphatic carbocycles. The molecule has 1 atom stereocenters. The third kappa shape index (κ3) is 5.39. The molecule has 1 N–H and O–H groups in total. The molecule has 2 aromatic heterocycles. The van der Waals surface area contributed by atoms with E-state index in [9.17, 15) is 4.79 Å². The molecule has 8 heteroatoms. The van der Waals surface area contributed by atoms with Crippen LogP contribution in [-0.2, 0) is 13.1 Å². The van der Waals surface area contributed by atoms with E-state index in [1.807, 2.05) is 41.9 Å². The Morgan fingerprint density at radius 2 is 1.51 bits per heavy atom. The highest BCUT2D eigenvalue weighted by Gasteiger charge is 2.33. The third-order valence-electron chi connectivity index (χ3n) is 7.64. The molecule has 0 unspecified atom stereocenters. The summed E-state index contributed by atoms with van der Waals surface area (Å²) in [7, 11) is 0. The summed E-state index contributed by atoms with van der Waals surface area (Å²) in [5.41, 5.74) is 6.12. The lowest BCUT2D eigenvalue weighted by Gasteiger charge is -2.38. The van der Waals surface area contributed by atoms with Crippen molar-refractivity contribution in [1.29, 1.82) is 0 Å². The van der Waals surface area contributed by atoms with Gasteiger partial charge in [-0.3, -0.25) is 14.6 Å². The third-order valence-corrected chi connectivity index (χ3v) is 7.64. The summed E-state index contributed by atoms with van der Waals surface area (Å²) in [5.74, 6) is 0.685. The monoisotopic (exact) mass is 519 g/mol. The van der Waals surface area contributed by atoms with Crippen LogP contribution in [0.5, 0.6) is 0 Å². The number of piperazine rings is 1. The minimum absolute atomic E-state index is 0.0986. The zero-order valence-corrected chi connectivity index (χ0v) is 22.4. The second-order valence-electron chi connectivity index (χ2n) is 10.5. The predicted octanol–water partition coefficient (Wildman–Crippen LogP) is 4.09. The Kier molecular flexibility index (Phi) is 7.04. The number of nitrogens with zero attached hydrogens (tertiary/aromatic N) is 6. The van der Waals surface area contributed by atoms with Crippen molar-refractivity contribution in [3.05, 3.63) is 123 Å². The maximum atomic E-state index is 13.6. The summed E-state index contributed by atoms with van der Waals surface area (Å²) < 4.78 is 1.84. The van der Waals surface area contributed by atoms with Crippen LogP contribution in [0.4, 0.5) is 0 Å². The van der Waals surface area contributed by atoms with Gasteiger partial charge in [0, 0.05) is 49.2 Å². The summed E-state index contributed by atoms with van der Waals surface area (Å²) in [6.45, 7) is 9.00. The summed E-state index contributed by atoms with van der Waals surface area (Å²) >= 11 is 0. The molecule has 39 heavy (non-hydrogen) atoms. The fraction of sp³-hybridized carbons (Fsp3) is 0.290. The van der Waals surface area contributed by atoms with Gasteiger partial charge in [-0.2, -0.15) is 0 Å². The first kappa shape index (κ1) is 25.2. The molecule has 0 saturated carbocycles. The van der Waals surface area contributed by atoms with Crippen molar-refractivity contribution < 1.29 is 0 Å². The molecule has 1 saturated heterocycles. The van der Waals surface area contributed by atoms with Crippen LogP contribution in [0, 0.1) is 13.8 Å². The lowest BCUT2D eigenvalue weighted by Crippen LogP contribution is -2.48. The quantitative estimate of drug-likeness (QED) is 0.349. The number of H-pyrrole nitrogens is 1. The van der Waals surface area contributed by atoms with Gasteiger partial charge < -0.3 is 4.98 Å². The fourth-order valence-electron chi connectivity index (χ4n) is 5.69. The lowest BCUT2D eigenvalue weighted by molar-refractivity contribution is 0.0998. The van der Waals surface area contributed by atoms with E-state index in [1.54, 1.807) is 0 Å². The number of fused-ring (bicyclic) bond motifs is 1. The predicted molar refractivity (Wildman–Crippen MR) is 153 cm³/mol. The Hall–Kier alpha value is -4.14. The molecule has 198 valence electrons. The number of hydrogen-bond donors (Lipinski definition) is 1. The highest BCUT2D eigenvalue weighted by molar-refractivity contribution is 5.83. The number of aromatic amines is 1. The van der Waals surface area contributed by atoms with Gasteiger partial charge in [0.1, 0.15) is 6.04 Å². The van der Waals surface area contributed by atoms with Crippen molar-refractivity contribution in [2.24, 2.45) is 0 Å². The average Bonchev–Trinajstić information content (AvgIpc) is 3.39. The van der Waals surface area contributed by atoms with E-state index >= 15 is 0 Å². The fourth-order valence-corrected chi connectivity index (χ4v) is 5.69. The molecular weight excluding hydrogens is 486 g/mol. The second kappa shape index (κ2) is 10.9. The first-order chi connectivity index (χ1) is 19.0. The number of aryl methyl sites for hydroxylation is 2. The Morgan fingerprint density at radius 3 is 2.21 bits per heavy atom. The smallest absolute Gasteiger partial charge is 0.253 e. The van der Waals surface area contributed by atoms with Gasteiger partial charge in [0.25, 0.3) is 5.56 Å².